The van der Waals surface area contributed by atoms with Gasteiger partial charge in [0.05, 0.1) is 18.5 Å². The fraction of sp³-hybridized carbons (Fsp3) is 0.600. The Morgan fingerprint density at radius 3 is 3.19 bits per heavy atom. The molecule has 1 saturated heterocycles. The molecule has 1 aromatic rings. The van der Waals surface area contributed by atoms with Crippen LogP contribution in [0.2, 0.25) is 0 Å². The number of halogens is 1. The predicted octanol–water partition coefficient (Wildman–Crippen LogP) is 1.36. The number of nitrogens with zero attached hydrogens (tertiary/aromatic N) is 1. The van der Waals surface area contributed by atoms with Gasteiger partial charge in [0.2, 0.25) is 0 Å². The Morgan fingerprint density at radius 2 is 2.50 bits per heavy atom. The first-order valence-corrected chi connectivity index (χ1v) is 6.28. The molecule has 0 spiro atoms. The van der Waals surface area contributed by atoms with E-state index in [0.29, 0.717) is 16.0 Å². The van der Waals surface area contributed by atoms with Crippen molar-refractivity contribution in [2.24, 2.45) is 0 Å². The van der Waals surface area contributed by atoms with Crippen LogP contribution in [0.1, 0.15) is 19.8 Å². The van der Waals surface area contributed by atoms with Crippen LogP contribution in [-0.4, -0.2) is 28.7 Å². The lowest BCUT2D eigenvalue weighted by Crippen LogP contribution is -2.43. The van der Waals surface area contributed by atoms with Crippen LogP contribution in [0.4, 0.5) is 5.82 Å². The highest BCUT2D eigenvalue weighted by molar-refractivity contribution is 14.1. The van der Waals surface area contributed by atoms with Gasteiger partial charge < -0.3 is 15.0 Å². The quantitative estimate of drug-likeness (QED) is 0.801. The number of ether oxygens (including phenoxy) is 1. The minimum Gasteiger partial charge on any atom is -0.379 e. The van der Waals surface area contributed by atoms with E-state index in [2.05, 4.69) is 22.2 Å². The summed E-state index contributed by atoms with van der Waals surface area (Å²) in [6.45, 7) is 3.56. The first-order chi connectivity index (χ1) is 7.61. The first-order valence-electron chi connectivity index (χ1n) is 5.20. The molecule has 2 N–H and O–H groups in total. The smallest absolute Gasteiger partial charge is 0.266 e. The summed E-state index contributed by atoms with van der Waals surface area (Å²) in [5, 5.41) is 3.30. The van der Waals surface area contributed by atoms with Crippen LogP contribution in [-0.2, 0) is 4.74 Å². The maximum atomic E-state index is 11.4. The van der Waals surface area contributed by atoms with Crippen molar-refractivity contribution in [3.63, 3.8) is 0 Å². The number of nitrogens with one attached hydrogen (secondary N) is 2. The van der Waals surface area contributed by atoms with E-state index in [0.717, 1.165) is 19.4 Å². The molecule has 2 rings (SSSR count). The summed E-state index contributed by atoms with van der Waals surface area (Å²) in [6, 6.07) is 0. The monoisotopic (exact) mass is 335 g/mol. The van der Waals surface area contributed by atoms with Gasteiger partial charge in [-0.2, -0.15) is 0 Å². The molecule has 1 aliphatic heterocycles. The molecule has 0 amide bonds. The Morgan fingerprint density at radius 1 is 1.69 bits per heavy atom. The van der Waals surface area contributed by atoms with Crippen molar-refractivity contribution in [3.05, 3.63) is 20.3 Å². The lowest BCUT2D eigenvalue weighted by atomic mass is 9.95. The molecular weight excluding hydrogens is 321 g/mol. The standard InChI is InChI=1S/C10H14IN3O2/c1-10(3-2-4-16-5-10)14-8-7(11)9(15)13-6-12-8/h6H,2-5H2,1H3,(H2,12,13,14,15). The van der Waals surface area contributed by atoms with Crippen LogP contribution in [0.3, 0.4) is 0 Å². The third kappa shape index (κ3) is 2.54. The summed E-state index contributed by atoms with van der Waals surface area (Å²) in [5.74, 6) is 0.636. The Labute approximate surface area is 107 Å². The minimum atomic E-state index is -0.126. The molecular formula is C10H14IN3O2. The molecule has 1 aromatic heterocycles. The second-order valence-corrected chi connectivity index (χ2v) is 5.31. The number of hydrogen-bond donors (Lipinski definition) is 2. The number of aromatic nitrogens is 2. The summed E-state index contributed by atoms with van der Waals surface area (Å²) < 4.78 is 6.04. The van der Waals surface area contributed by atoms with E-state index in [4.69, 9.17) is 4.74 Å². The molecule has 0 aromatic carbocycles. The van der Waals surface area contributed by atoms with Crippen LogP contribution >= 0.6 is 22.6 Å². The van der Waals surface area contributed by atoms with Gasteiger partial charge in [0.25, 0.3) is 5.56 Å². The van der Waals surface area contributed by atoms with Crippen LogP contribution in [0.25, 0.3) is 0 Å². The Balaban J connectivity index is 2.19. The van der Waals surface area contributed by atoms with Crippen LogP contribution in [0.15, 0.2) is 11.1 Å². The van der Waals surface area contributed by atoms with Crippen LogP contribution < -0.4 is 10.9 Å². The van der Waals surface area contributed by atoms with Crippen molar-refractivity contribution in [1.82, 2.24) is 9.97 Å². The van der Waals surface area contributed by atoms with E-state index in [1.54, 1.807) is 0 Å². The van der Waals surface area contributed by atoms with Crippen LogP contribution in [0.5, 0.6) is 0 Å². The van der Waals surface area contributed by atoms with Gasteiger partial charge in [0.15, 0.2) is 0 Å². The van der Waals surface area contributed by atoms with E-state index < -0.39 is 0 Å². The van der Waals surface area contributed by atoms with Gasteiger partial charge in [-0.15, -0.1) is 0 Å². The van der Waals surface area contributed by atoms with Crippen molar-refractivity contribution in [1.29, 1.82) is 0 Å². The van der Waals surface area contributed by atoms with Crippen molar-refractivity contribution >= 4 is 28.4 Å². The second-order valence-electron chi connectivity index (χ2n) is 4.24. The van der Waals surface area contributed by atoms with Gasteiger partial charge in [0, 0.05) is 6.61 Å². The number of aromatic amines is 1. The molecule has 2 heterocycles. The van der Waals surface area contributed by atoms with E-state index in [1.807, 2.05) is 22.6 Å². The normalized spacial score (nSPS) is 25.4. The molecule has 0 radical (unpaired) electrons. The zero-order valence-corrected chi connectivity index (χ0v) is 11.2. The highest BCUT2D eigenvalue weighted by Gasteiger charge is 2.28. The molecule has 16 heavy (non-hydrogen) atoms. The number of H-pyrrole nitrogens is 1. The van der Waals surface area contributed by atoms with Gasteiger partial charge in [-0.25, -0.2) is 4.98 Å². The van der Waals surface area contributed by atoms with Crippen molar-refractivity contribution in [2.45, 2.75) is 25.3 Å². The maximum absolute atomic E-state index is 11.4. The summed E-state index contributed by atoms with van der Waals surface area (Å²) in [6.07, 6.45) is 3.47. The number of rotatable bonds is 2. The largest absolute Gasteiger partial charge is 0.379 e. The number of anilines is 1. The SMILES string of the molecule is CC1(Nc2nc[nH]c(=O)c2I)CCCOC1. The van der Waals surface area contributed by atoms with Gasteiger partial charge >= 0.3 is 0 Å². The zero-order chi connectivity index (χ0) is 11.6. The fourth-order valence-electron chi connectivity index (χ4n) is 1.79. The molecule has 1 aliphatic rings. The van der Waals surface area contributed by atoms with Gasteiger partial charge in [-0.05, 0) is 42.4 Å². The third-order valence-electron chi connectivity index (χ3n) is 2.65. The summed E-state index contributed by atoms with van der Waals surface area (Å²) in [7, 11) is 0. The third-order valence-corrected chi connectivity index (χ3v) is 3.66. The molecule has 5 nitrogen and oxygen atoms in total. The van der Waals surface area contributed by atoms with E-state index in [-0.39, 0.29) is 11.1 Å². The zero-order valence-electron chi connectivity index (χ0n) is 9.05. The van der Waals surface area contributed by atoms with Gasteiger partial charge in [-0.1, -0.05) is 0 Å². The molecule has 1 fully saturated rings. The predicted molar refractivity (Wildman–Crippen MR) is 69.7 cm³/mol. The highest BCUT2D eigenvalue weighted by Crippen LogP contribution is 2.24. The average Bonchev–Trinajstić information content (AvgIpc) is 2.26. The fourth-order valence-corrected chi connectivity index (χ4v) is 2.22. The Bertz CT molecular complexity index is 426. The molecule has 0 saturated carbocycles. The molecule has 88 valence electrons. The Kier molecular flexibility index (Phi) is 3.48. The molecule has 1 atom stereocenters. The summed E-state index contributed by atoms with van der Waals surface area (Å²) in [4.78, 5) is 18.1. The molecule has 0 bridgehead atoms. The minimum absolute atomic E-state index is 0.113. The molecule has 1 unspecified atom stereocenters. The first kappa shape index (κ1) is 11.8. The van der Waals surface area contributed by atoms with E-state index in [1.165, 1.54) is 6.33 Å². The second kappa shape index (κ2) is 4.70. The van der Waals surface area contributed by atoms with Gasteiger partial charge in [0.1, 0.15) is 9.39 Å². The summed E-state index contributed by atoms with van der Waals surface area (Å²) in [5.41, 5.74) is -0.239. The lowest BCUT2D eigenvalue weighted by molar-refractivity contribution is 0.0538. The molecule has 6 heteroatoms. The van der Waals surface area contributed by atoms with E-state index >= 15 is 0 Å². The summed E-state index contributed by atoms with van der Waals surface area (Å²) >= 11 is 2.00. The molecule has 0 aliphatic carbocycles. The van der Waals surface area contributed by atoms with Crippen molar-refractivity contribution in [2.75, 3.05) is 18.5 Å². The van der Waals surface area contributed by atoms with Crippen molar-refractivity contribution < 1.29 is 4.74 Å². The maximum Gasteiger partial charge on any atom is 0.266 e. The van der Waals surface area contributed by atoms with Gasteiger partial charge in [-0.3, -0.25) is 4.79 Å². The average molecular weight is 335 g/mol. The van der Waals surface area contributed by atoms with Crippen molar-refractivity contribution in [3.8, 4) is 0 Å². The lowest BCUT2D eigenvalue weighted by Gasteiger charge is -2.34. The highest BCUT2D eigenvalue weighted by atomic mass is 127. The topological polar surface area (TPSA) is 67.0 Å². The van der Waals surface area contributed by atoms with Crippen LogP contribution in [0, 0.1) is 3.57 Å². The van der Waals surface area contributed by atoms with E-state index in [9.17, 15) is 4.79 Å². The number of hydrogen-bond acceptors (Lipinski definition) is 4. The Hall–Kier alpha value is -0.630.